The zero-order valence-corrected chi connectivity index (χ0v) is 22.4. The molecule has 7 nitrogen and oxygen atoms in total. The first-order valence-electron chi connectivity index (χ1n) is 11.7. The zero-order valence-electron chi connectivity index (χ0n) is 21.4. The Bertz CT molecular complexity index is 1470. The van der Waals surface area contributed by atoms with E-state index in [9.17, 15) is 14.2 Å². The highest BCUT2D eigenvalue weighted by atomic mass is 31.1. The summed E-state index contributed by atoms with van der Waals surface area (Å²) in [5, 5.41) is 0.803. The van der Waals surface area contributed by atoms with Crippen molar-refractivity contribution in [3.63, 3.8) is 0 Å². The number of methoxy groups -OCH3 is 4. The first kappa shape index (κ1) is 26.7. The fourth-order valence-electron chi connectivity index (χ4n) is 4.33. The van der Waals surface area contributed by atoms with Gasteiger partial charge >= 0.3 is 0 Å². The average molecular weight is 531 g/mol. The minimum atomic E-state index is -2.70. The van der Waals surface area contributed by atoms with Gasteiger partial charge in [0.1, 0.15) is 41.9 Å². The molecule has 0 aliphatic carbocycles. The number of hydrogen-bond acceptors (Lipinski definition) is 7. The SMILES string of the molecule is COc1cccc(OC)c1C(=O)c1cccc([PH](=O)c2ccccc2)c1C(=O)c1c(OC)cccc1OC. The van der Waals surface area contributed by atoms with Crippen molar-refractivity contribution in [3.05, 3.63) is 107 Å². The maximum absolute atomic E-state index is 14.3. The number of carbonyl (C=O) groups is 2. The molecular formula is C30H27O7P. The van der Waals surface area contributed by atoms with Crippen molar-refractivity contribution in [2.75, 3.05) is 28.4 Å². The van der Waals surface area contributed by atoms with Gasteiger partial charge in [-0.25, -0.2) is 0 Å². The van der Waals surface area contributed by atoms with E-state index in [1.165, 1.54) is 34.5 Å². The highest BCUT2D eigenvalue weighted by Crippen LogP contribution is 2.36. The predicted molar refractivity (Wildman–Crippen MR) is 147 cm³/mol. The third-order valence-electron chi connectivity index (χ3n) is 6.13. The molecule has 0 bridgehead atoms. The molecular weight excluding hydrogens is 503 g/mol. The summed E-state index contributed by atoms with van der Waals surface area (Å²) in [7, 11) is 3.07. The Morgan fingerprint density at radius 2 is 0.974 bits per heavy atom. The van der Waals surface area contributed by atoms with E-state index in [2.05, 4.69) is 0 Å². The van der Waals surface area contributed by atoms with Crippen LogP contribution in [0.15, 0.2) is 84.9 Å². The Hall–Kier alpha value is -4.35. The minimum absolute atomic E-state index is 0.000927. The number of rotatable bonds is 10. The van der Waals surface area contributed by atoms with Crippen LogP contribution in [0.2, 0.25) is 0 Å². The molecule has 0 fully saturated rings. The second-order valence-electron chi connectivity index (χ2n) is 8.16. The van der Waals surface area contributed by atoms with E-state index in [1.807, 2.05) is 6.07 Å². The molecule has 1 unspecified atom stereocenters. The molecule has 0 aliphatic rings. The molecule has 38 heavy (non-hydrogen) atoms. The fraction of sp³-hybridized carbons (Fsp3) is 0.133. The number of hydrogen-bond donors (Lipinski definition) is 0. The highest BCUT2D eigenvalue weighted by molar-refractivity contribution is 7.61. The molecule has 0 radical (unpaired) electrons. The number of carbonyl (C=O) groups excluding carboxylic acids is 2. The summed E-state index contributed by atoms with van der Waals surface area (Å²) >= 11 is 0. The van der Waals surface area contributed by atoms with Crippen LogP contribution in [0, 0.1) is 0 Å². The van der Waals surface area contributed by atoms with Crippen molar-refractivity contribution >= 4 is 30.0 Å². The van der Waals surface area contributed by atoms with Crippen LogP contribution in [0.4, 0.5) is 0 Å². The molecule has 0 N–H and O–H groups in total. The normalized spacial score (nSPS) is 11.4. The van der Waals surface area contributed by atoms with E-state index >= 15 is 0 Å². The van der Waals surface area contributed by atoms with Gasteiger partial charge in [0.05, 0.1) is 28.4 Å². The van der Waals surface area contributed by atoms with Gasteiger partial charge in [-0.05, 0) is 24.3 Å². The molecule has 0 heterocycles. The topological polar surface area (TPSA) is 88.1 Å². The van der Waals surface area contributed by atoms with E-state index in [-0.39, 0.29) is 50.6 Å². The Kier molecular flexibility index (Phi) is 8.29. The van der Waals surface area contributed by atoms with Gasteiger partial charge in [-0.1, -0.05) is 60.7 Å². The van der Waals surface area contributed by atoms with Crippen LogP contribution in [-0.4, -0.2) is 40.0 Å². The lowest BCUT2D eigenvalue weighted by molar-refractivity contribution is 0.0997. The summed E-state index contributed by atoms with van der Waals surface area (Å²) in [4.78, 5) is 28.4. The largest absolute Gasteiger partial charge is 0.496 e. The fourth-order valence-corrected chi connectivity index (χ4v) is 5.86. The average Bonchev–Trinajstić information content (AvgIpc) is 2.98. The summed E-state index contributed by atoms with van der Waals surface area (Å²) in [5.74, 6) is 0.0173. The summed E-state index contributed by atoms with van der Waals surface area (Å²) < 4.78 is 35.7. The second-order valence-corrected chi connectivity index (χ2v) is 9.93. The Labute approximate surface area is 221 Å². The van der Waals surface area contributed by atoms with Crippen molar-refractivity contribution in [3.8, 4) is 23.0 Å². The molecule has 0 saturated carbocycles. The van der Waals surface area contributed by atoms with Gasteiger partial charge in [-0.15, -0.1) is 0 Å². The van der Waals surface area contributed by atoms with Crippen LogP contribution in [0.25, 0.3) is 0 Å². The van der Waals surface area contributed by atoms with E-state index in [0.717, 1.165) is 0 Å². The van der Waals surface area contributed by atoms with E-state index in [0.29, 0.717) is 5.30 Å². The van der Waals surface area contributed by atoms with Crippen molar-refractivity contribution in [2.24, 2.45) is 0 Å². The van der Waals surface area contributed by atoms with E-state index in [1.54, 1.807) is 72.8 Å². The summed E-state index contributed by atoms with van der Waals surface area (Å²) in [6, 6.07) is 23.5. The van der Waals surface area contributed by atoms with Gasteiger partial charge in [0.25, 0.3) is 0 Å². The Morgan fingerprint density at radius 3 is 1.45 bits per heavy atom. The molecule has 194 valence electrons. The van der Waals surface area contributed by atoms with Gasteiger partial charge in [0.15, 0.2) is 0 Å². The minimum Gasteiger partial charge on any atom is -0.496 e. The molecule has 0 spiro atoms. The molecule has 8 heteroatoms. The molecule has 4 rings (SSSR count). The number of ketones is 2. The van der Waals surface area contributed by atoms with Crippen LogP contribution >= 0.6 is 7.80 Å². The molecule has 0 aromatic heterocycles. The number of benzene rings is 4. The number of ether oxygens (including phenoxy) is 4. The summed E-state index contributed by atoms with van der Waals surface area (Å²) in [6.45, 7) is 0. The quantitative estimate of drug-likeness (QED) is 0.217. The van der Waals surface area contributed by atoms with Crippen LogP contribution in [-0.2, 0) is 4.57 Å². The predicted octanol–water partition coefficient (Wildman–Crippen LogP) is 4.69. The monoisotopic (exact) mass is 530 g/mol. The first-order chi connectivity index (χ1) is 18.5. The first-order valence-corrected chi connectivity index (χ1v) is 13.1. The van der Waals surface area contributed by atoms with Crippen molar-refractivity contribution in [2.45, 2.75) is 0 Å². The Balaban J connectivity index is 2.04. The van der Waals surface area contributed by atoms with Crippen LogP contribution in [0.5, 0.6) is 23.0 Å². The standard InChI is InChI=1S/C30H27O7P/c1-34-21-14-9-15-22(35-2)27(21)29(31)20-13-8-18-25(38(33)19-11-6-5-7-12-19)26(20)30(32)28-23(36-3)16-10-17-24(28)37-4/h5-18,38H,1-4H3. The van der Waals surface area contributed by atoms with Crippen LogP contribution < -0.4 is 29.6 Å². The molecule has 1 atom stereocenters. The van der Waals surface area contributed by atoms with Crippen molar-refractivity contribution < 1.29 is 33.1 Å². The summed E-state index contributed by atoms with van der Waals surface area (Å²) in [6.07, 6.45) is 0. The molecule has 4 aromatic rings. The lowest BCUT2D eigenvalue weighted by atomic mass is 9.91. The van der Waals surface area contributed by atoms with E-state index < -0.39 is 19.4 Å². The van der Waals surface area contributed by atoms with Gasteiger partial charge in [-0.3, -0.25) is 9.59 Å². The maximum Gasteiger partial charge on any atom is 0.202 e. The van der Waals surface area contributed by atoms with Gasteiger partial charge in [-0.2, -0.15) is 0 Å². The second kappa shape index (κ2) is 11.8. The molecule has 0 aliphatic heterocycles. The lowest BCUT2D eigenvalue weighted by Gasteiger charge is -2.18. The van der Waals surface area contributed by atoms with Gasteiger partial charge < -0.3 is 23.5 Å². The maximum atomic E-state index is 14.3. The van der Waals surface area contributed by atoms with Gasteiger partial charge in [0.2, 0.25) is 11.6 Å². The van der Waals surface area contributed by atoms with Crippen molar-refractivity contribution in [1.29, 1.82) is 0 Å². The van der Waals surface area contributed by atoms with Crippen molar-refractivity contribution in [1.82, 2.24) is 0 Å². The zero-order chi connectivity index (χ0) is 27.2. The molecule has 0 saturated heterocycles. The highest BCUT2D eigenvalue weighted by Gasteiger charge is 2.31. The smallest absolute Gasteiger partial charge is 0.202 e. The lowest BCUT2D eigenvalue weighted by Crippen LogP contribution is -2.23. The third-order valence-corrected chi connectivity index (χ3v) is 7.89. The third kappa shape index (κ3) is 4.93. The van der Waals surface area contributed by atoms with Gasteiger partial charge in [0, 0.05) is 21.7 Å². The summed E-state index contributed by atoms with van der Waals surface area (Å²) in [5.41, 5.74) is 0.322. The Morgan fingerprint density at radius 1 is 0.526 bits per heavy atom. The van der Waals surface area contributed by atoms with E-state index in [4.69, 9.17) is 18.9 Å². The van der Waals surface area contributed by atoms with Crippen LogP contribution in [0.1, 0.15) is 31.8 Å². The van der Waals surface area contributed by atoms with Crippen LogP contribution in [0.3, 0.4) is 0 Å². The molecule has 4 aromatic carbocycles. The molecule has 0 amide bonds.